The zero-order chi connectivity index (χ0) is 14.8. The summed E-state index contributed by atoms with van der Waals surface area (Å²) in [6, 6.07) is 10.0. The number of alkyl halides is 1. The number of amides is 1. The summed E-state index contributed by atoms with van der Waals surface area (Å²) in [6.45, 7) is 2.95. The minimum Gasteiger partial charge on any atom is -0.331 e. The topological polar surface area (TPSA) is 20.3 Å². The number of carbonyl (C=O) groups excluding carboxylic acids is 1. The summed E-state index contributed by atoms with van der Waals surface area (Å²) in [5, 5.41) is 2.14. The monoisotopic (exact) mass is 319 g/mol. The first-order valence-corrected chi connectivity index (χ1v) is 8.68. The predicted octanol–water partition coefficient (Wildman–Crippen LogP) is 4.64. The Bertz CT molecular complexity index is 634. The van der Waals surface area contributed by atoms with Crippen molar-refractivity contribution in [2.24, 2.45) is 0 Å². The highest BCUT2D eigenvalue weighted by atomic mass is 35.5. The van der Waals surface area contributed by atoms with Crippen molar-refractivity contribution in [2.45, 2.75) is 31.7 Å². The fourth-order valence-electron chi connectivity index (χ4n) is 2.98. The second kappa shape index (κ2) is 6.20. The first kappa shape index (κ1) is 14.6. The average Bonchev–Trinajstić information content (AvgIpc) is 3.02. The number of hydrogen-bond acceptors (Lipinski definition) is 2. The average molecular weight is 320 g/mol. The summed E-state index contributed by atoms with van der Waals surface area (Å²) in [6.07, 6.45) is 1.92. The van der Waals surface area contributed by atoms with Crippen LogP contribution in [0.3, 0.4) is 0 Å². The zero-order valence-electron chi connectivity index (χ0n) is 12.0. The van der Waals surface area contributed by atoms with Crippen LogP contribution in [0.25, 0.3) is 0 Å². The van der Waals surface area contributed by atoms with Crippen LogP contribution in [-0.4, -0.2) is 17.4 Å². The molecule has 0 spiro atoms. The molecular formula is C17H18ClNOS. The highest BCUT2D eigenvalue weighted by Gasteiger charge is 2.30. The van der Waals surface area contributed by atoms with Crippen LogP contribution in [-0.2, 0) is 12.3 Å². The molecule has 0 bridgehead atoms. The third-order valence-corrected chi connectivity index (χ3v) is 5.40. The van der Waals surface area contributed by atoms with Gasteiger partial charge in [0.15, 0.2) is 0 Å². The van der Waals surface area contributed by atoms with Crippen molar-refractivity contribution >= 4 is 28.8 Å². The maximum Gasteiger partial charge on any atom is 0.254 e. The van der Waals surface area contributed by atoms with Crippen LogP contribution in [0.4, 0.5) is 0 Å². The van der Waals surface area contributed by atoms with Gasteiger partial charge in [0.1, 0.15) is 0 Å². The predicted molar refractivity (Wildman–Crippen MR) is 88.1 cm³/mol. The molecule has 0 aliphatic carbocycles. The molecule has 1 aliphatic heterocycles. The first-order chi connectivity index (χ1) is 10.2. The van der Waals surface area contributed by atoms with Crippen molar-refractivity contribution < 1.29 is 4.79 Å². The van der Waals surface area contributed by atoms with E-state index in [1.807, 2.05) is 29.2 Å². The van der Waals surface area contributed by atoms with Crippen molar-refractivity contribution in [1.29, 1.82) is 0 Å². The number of thiophene rings is 1. The van der Waals surface area contributed by atoms with Gasteiger partial charge < -0.3 is 4.90 Å². The normalized spacial score (nSPS) is 17.6. The molecular weight excluding hydrogens is 302 g/mol. The Morgan fingerprint density at radius 3 is 2.76 bits per heavy atom. The lowest BCUT2D eigenvalue weighted by molar-refractivity contribution is 0.0657. The molecule has 1 aromatic heterocycles. The number of hydrogen-bond donors (Lipinski definition) is 0. The van der Waals surface area contributed by atoms with Crippen molar-refractivity contribution in [3.05, 3.63) is 57.3 Å². The molecule has 0 saturated heterocycles. The quantitative estimate of drug-likeness (QED) is 0.755. The molecule has 1 aromatic carbocycles. The molecule has 2 nitrogen and oxygen atoms in total. The van der Waals surface area contributed by atoms with Crippen LogP contribution >= 0.6 is 22.9 Å². The van der Waals surface area contributed by atoms with Gasteiger partial charge in [-0.1, -0.05) is 19.1 Å². The Balaban J connectivity index is 1.87. The van der Waals surface area contributed by atoms with Crippen LogP contribution in [0.5, 0.6) is 0 Å². The zero-order valence-corrected chi connectivity index (χ0v) is 13.6. The Labute approximate surface area is 134 Å². The molecule has 1 unspecified atom stereocenters. The van der Waals surface area contributed by atoms with Crippen LogP contribution in [0.1, 0.15) is 45.7 Å². The fraction of sp³-hybridized carbons (Fsp3) is 0.353. The lowest BCUT2D eigenvalue weighted by Gasteiger charge is -2.35. The summed E-state index contributed by atoms with van der Waals surface area (Å²) >= 11 is 7.61. The summed E-state index contributed by atoms with van der Waals surface area (Å²) in [7, 11) is 0. The van der Waals surface area contributed by atoms with Crippen molar-refractivity contribution in [2.75, 3.05) is 6.54 Å². The largest absolute Gasteiger partial charge is 0.331 e. The molecule has 0 radical (unpaired) electrons. The van der Waals surface area contributed by atoms with E-state index < -0.39 is 0 Å². The molecule has 2 heterocycles. The number of fused-ring (bicyclic) bond motifs is 1. The van der Waals surface area contributed by atoms with E-state index in [-0.39, 0.29) is 11.9 Å². The van der Waals surface area contributed by atoms with Crippen LogP contribution in [0.2, 0.25) is 0 Å². The first-order valence-electron chi connectivity index (χ1n) is 7.26. The van der Waals surface area contributed by atoms with Gasteiger partial charge in [0.25, 0.3) is 5.91 Å². The number of rotatable bonds is 3. The fourth-order valence-corrected chi connectivity index (χ4v) is 4.09. The van der Waals surface area contributed by atoms with E-state index in [1.54, 1.807) is 11.3 Å². The third-order valence-electron chi connectivity index (χ3n) is 4.10. The summed E-state index contributed by atoms with van der Waals surface area (Å²) in [4.78, 5) is 16.2. The smallest absolute Gasteiger partial charge is 0.254 e. The standard InChI is InChI=1S/C17H18ClNOS/c1-2-15-14-8-10-21-16(14)7-9-19(15)17(20)13-5-3-12(11-18)4-6-13/h3-6,8,10,15H,2,7,9,11H2,1H3. The third kappa shape index (κ3) is 2.72. The van der Waals surface area contributed by atoms with Crippen molar-refractivity contribution in [3.63, 3.8) is 0 Å². The van der Waals surface area contributed by atoms with E-state index in [2.05, 4.69) is 18.4 Å². The highest BCUT2D eigenvalue weighted by Crippen LogP contribution is 2.35. The second-order valence-electron chi connectivity index (χ2n) is 5.30. The number of nitrogens with zero attached hydrogens (tertiary/aromatic N) is 1. The molecule has 1 aliphatic rings. The Morgan fingerprint density at radius 2 is 2.10 bits per heavy atom. The maximum atomic E-state index is 12.8. The molecule has 2 aromatic rings. The molecule has 21 heavy (non-hydrogen) atoms. The second-order valence-corrected chi connectivity index (χ2v) is 6.57. The lowest BCUT2D eigenvalue weighted by atomic mass is 9.96. The van der Waals surface area contributed by atoms with Crippen LogP contribution in [0, 0.1) is 0 Å². The van der Waals surface area contributed by atoms with E-state index in [0.29, 0.717) is 5.88 Å². The van der Waals surface area contributed by atoms with Gasteiger partial charge in [-0.3, -0.25) is 4.79 Å². The van der Waals surface area contributed by atoms with Gasteiger partial charge in [0, 0.05) is 22.9 Å². The van der Waals surface area contributed by atoms with Gasteiger partial charge in [-0.25, -0.2) is 0 Å². The van der Waals surface area contributed by atoms with E-state index in [1.165, 1.54) is 10.4 Å². The van der Waals surface area contributed by atoms with Gasteiger partial charge in [0.05, 0.1) is 6.04 Å². The van der Waals surface area contributed by atoms with E-state index >= 15 is 0 Å². The number of benzene rings is 1. The van der Waals surface area contributed by atoms with Crippen LogP contribution in [0.15, 0.2) is 35.7 Å². The van der Waals surface area contributed by atoms with Gasteiger partial charge in [-0.2, -0.15) is 0 Å². The maximum absolute atomic E-state index is 12.8. The molecule has 3 rings (SSSR count). The van der Waals surface area contributed by atoms with E-state index in [0.717, 1.165) is 30.5 Å². The number of halogens is 1. The Kier molecular flexibility index (Phi) is 4.32. The van der Waals surface area contributed by atoms with Gasteiger partial charge in [-0.15, -0.1) is 22.9 Å². The summed E-state index contributed by atoms with van der Waals surface area (Å²) < 4.78 is 0. The molecule has 4 heteroatoms. The molecule has 110 valence electrons. The molecule has 0 fully saturated rings. The number of carbonyl (C=O) groups is 1. The Morgan fingerprint density at radius 1 is 1.33 bits per heavy atom. The van der Waals surface area contributed by atoms with E-state index in [9.17, 15) is 4.79 Å². The summed E-state index contributed by atoms with van der Waals surface area (Å²) in [5.74, 6) is 0.605. The van der Waals surface area contributed by atoms with Crippen molar-refractivity contribution in [3.8, 4) is 0 Å². The molecule has 0 saturated carbocycles. The SMILES string of the molecule is CCC1c2ccsc2CCN1C(=O)c1ccc(CCl)cc1. The van der Waals surface area contributed by atoms with Gasteiger partial charge in [0.2, 0.25) is 0 Å². The lowest BCUT2D eigenvalue weighted by Crippen LogP contribution is -2.39. The molecule has 1 amide bonds. The summed E-state index contributed by atoms with van der Waals surface area (Å²) in [5.41, 5.74) is 3.12. The van der Waals surface area contributed by atoms with Crippen LogP contribution < -0.4 is 0 Å². The van der Waals surface area contributed by atoms with E-state index in [4.69, 9.17) is 11.6 Å². The molecule has 0 N–H and O–H groups in total. The highest BCUT2D eigenvalue weighted by molar-refractivity contribution is 7.10. The van der Waals surface area contributed by atoms with Gasteiger partial charge in [-0.05, 0) is 47.5 Å². The molecule has 1 atom stereocenters. The van der Waals surface area contributed by atoms with Crippen molar-refractivity contribution in [1.82, 2.24) is 4.90 Å². The Hall–Kier alpha value is -1.32. The minimum absolute atomic E-state index is 0.125. The van der Waals surface area contributed by atoms with Gasteiger partial charge >= 0.3 is 0 Å². The minimum atomic E-state index is 0.125.